The first-order valence-corrected chi connectivity index (χ1v) is 9.44. The summed E-state index contributed by atoms with van der Waals surface area (Å²) in [7, 11) is 0. The van der Waals surface area contributed by atoms with E-state index in [2.05, 4.69) is 10.2 Å². The quantitative estimate of drug-likeness (QED) is 0.819. The van der Waals surface area contributed by atoms with E-state index in [1.165, 1.54) is 45.2 Å². The maximum atomic E-state index is 12.6. The highest BCUT2D eigenvalue weighted by molar-refractivity contribution is 5.83. The molecule has 4 heteroatoms. The Kier molecular flexibility index (Phi) is 6.28. The third kappa shape index (κ3) is 4.53. The summed E-state index contributed by atoms with van der Waals surface area (Å²) in [6, 6.07) is 0. The number of carbonyl (C=O) groups is 1. The van der Waals surface area contributed by atoms with Crippen LogP contribution in [-0.4, -0.2) is 49.7 Å². The lowest BCUT2D eigenvalue weighted by Gasteiger charge is -2.32. The van der Waals surface area contributed by atoms with Crippen LogP contribution in [0.2, 0.25) is 0 Å². The van der Waals surface area contributed by atoms with Crippen LogP contribution in [0.3, 0.4) is 0 Å². The van der Waals surface area contributed by atoms with Gasteiger partial charge in [0.25, 0.3) is 0 Å². The van der Waals surface area contributed by atoms with Crippen molar-refractivity contribution in [3.63, 3.8) is 0 Å². The first-order chi connectivity index (χ1) is 10.8. The van der Waals surface area contributed by atoms with Crippen LogP contribution in [0.5, 0.6) is 0 Å². The molecule has 3 fully saturated rings. The molecule has 1 saturated carbocycles. The number of hydrogen-bond donors (Lipinski definition) is 1. The number of nitrogens with one attached hydrogen (secondary N) is 1. The summed E-state index contributed by atoms with van der Waals surface area (Å²) in [5, 5.41) is 3.45. The third-order valence-corrected chi connectivity index (χ3v) is 5.70. The molecule has 0 amide bonds. The van der Waals surface area contributed by atoms with Gasteiger partial charge in [-0.25, -0.2) is 0 Å². The Bertz CT molecular complexity index is 341. The zero-order valence-corrected chi connectivity index (χ0v) is 13.9. The molecule has 0 aromatic rings. The van der Waals surface area contributed by atoms with Crippen LogP contribution >= 0.6 is 0 Å². The fourth-order valence-electron chi connectivity index (χ4n) is 4.27. The van der Waals surface area contributed by atoms with Gasteiger partial charge < -0.3 is 9.64 Å². The lowest BCUT2D eigenvalue weighted by atomic mass is 9.79. The van der Waals surface area contributed by atoms with Crippen molar-refractivity contribution in [3.8, 4) is 0 Å². The molecule has 126 valence electrons. The van der Waals surface area contributed by atoms with Crippen LogP contribution in [0.4, 0.5) is 0 Å². The van der Waals surface area contributed by atoms with E-state index in [1.54, 1.807) is 0 Å². The molecule has 2 unspecified atom stereocenters. The number of ketones is 1. The Morgan fingerprint density at radius 2 is 1.73 bits per heavy atom. The van der Waals surface area contributed by atoms with Crippen molar-refractivity contribution in [2.75, 3.05) is 32.8 Å². The molecule has 0 spiro atoms. The van der Waals surface area contributed by atoms with Crippen molar-refractivity contribution in [2.24, 2.45) is 11.8 Å². The SMILES string of the molecule is O=C(C1CCCCC1)C1CCC(OCCN2CCCC2)NC1. The molecule has 4 nitrogen and oxygen atoms in total. The van der Waals surface area contributed by atoms with Gasteiger partial charge >= 0.3 is 0 Å². The molecule has 2 aliphatic heterocycles. The van der Waals surface area contributed by atoms with E-state index >= 15 is 0 Å². The highest BCUT2D eigenvalue weighted by atomic mass is 16.5. The van der Waals surface area contributed by atoms with Gasteiger partial charge in [0.15, 0.2) is 0 Å². The summed E-state index contributed by atoms with van der Waals surface area (Å²) in [5.41, 5.74) is 0. The van der Waals surface area contributed by atoms with Crippen molar-refractivity contribution in [2.45, 2.75) is 64.0 Å². The third-order valence-electron chi connectivity index (χ3n) is 5.70. The van der Waals surface area contributed by atoms with E-state index < -0.39 is 0 Å². The lowest BCUT2D eigenvalue weighted by molar-refractivity contribution is -0.129. The molecule has 0 aromatic heterocycles. The molecule has 2 heterocycles. The number of rotatable bonds is 6. The van der Waals surface area contributed by atoms with Gasteiger partial charge in [-0.1, -0.05) is 19.3 Å². The van der Waals surface area contributed by atoms with Gasteiger partial charge in [0, 0.05) is 24.9 Å². The van der Waals surface area contributed by atoms with Gasteiger partial charge in [0.2, 0.25) is 0 Å². The Morgan fingerprint density at radius 1 is 0.955 bits per heavy atom. The summed E-state index contributed by atoms with van der Waals surface area (Å²) in [4.78, 5) is 15.0. The summed E-state index contributed by atoms with van der Waals surface area (Å²) in [6.45, 7) is 5.17. The predicted octanol–water partition coefficient (Wildman–Crippen LogP) is 2.57. The normalized spacial score (nSPS) is 31.5. The number of hydrogen-bond acceptors (Lipinski definition) is 4. The average molecular weight is 308 g/mol. The van der Waals surface area contributed by atoms with Gasteiger partial charge in [-0.05, 0) is 51.6 Å². The maximum absolute atomic E-state index is 12.6. The predicted molar refractivity (Wildman–Crippen MR) is 87.7 cm³/mol. The number of piperidine rings is 1. The minimum atomic E-state index is 0.165. The van der Waals surface area contributed by atoms with Crippen LogP contribution in [-0.2, 0) is 9.53 Å². The maximum Gasteiger partial charge on any atom is 0.140 e. The Labute approximate surface area is 135 Å². The summed E-state index contributed by atoms with van der Waals surface area (Å²) in [6.07, 6.45) is 10.9. The molecule has 22 heavy (non-hydrogen) atoms. The Hall–Kier alpha value is -0.450. The van der Waals surface area contributed by atoms with Gasteiger partial charge in [0.05, 0.1) is 6.61 Å². The Balaban J connectivity index is 1.32. The first-order valence-electron chi connectivity index (χ1n) is 9.44. The fraction of sp³-hybridized carbons (Fsp3) is 0.944. The number of carbonyl (C=O) groups excluding carboxylic acids is 1. The highest BCUT2D eigenvalue weighted by Crippen LogP contribution is 2.29. The molecule has 2 saturated heterocycles. The Morgan fingerprint density at radius 3 is 2.41 bits per heavy atom. The summed E-state index contributed by atoms with van der Waals surface area (Å²) in [5.74, 6) is 1.12. The van der Waals surface area contributed by atoms with Crippen LogP contribution < -0.4 is 5.32 Å². The van der Waals surface area contributed by atoms with E-state index in [-0.39, 0.29) is 12.1 Å². The van der Waals surface area contributed by atoms with E-state index in [0.717, 1.165) is 45.4 Å². The molecule has 2 atom stereocenters. The molecule has 3 aliphatic rings. The lowest BCUT2D eigenvalue weighted by Crippen LogP contribution is -2.45. The second-order valence-corrected chi connectivity index (χ2v) is 7.33. The molecule has 3 rings (SSSR count). The smallest absolute Gasteiger partial charge is 0.140 e. The second kappa shape index (κ2) is 8.42. The largest absolute Gasteiger partial charge is 0.362 e. The molecular formula is C18H32N2O2. The van der Waals surface area contributed by atoms with Gasteiger partial charge in [-0.15, -0.1) is 0 Å². The van der Waals surface area contributed by atoms with E-state index in [0.29, 0.717) is 11.7 Å². The summed E-state index contributed by atoms with van der Waals surface area (Å²) >= 11 is 0. The van der Waals surface area contributed by atoms with Crippen molar-refractivity contribution >= 4 is 5.78 Å². The molecule has 0 aromatic carbocycles. The van der Waals surface area contributed by atoms with Crippen LogP contribution in [0.15, 0.2) is 0 Å². The minimum Gasteiger partial charge on any atom is -0.362 e. The van der Waals surface area contributed by atoms with Gasteiger partial charge in [-0.3, -0.25) is 10.1 Å². The summed E-state index contributed by atoms with van der Waals surface area (Å²) < 4.78 is 5.95. The van der Waals surface area contributed by atoms with E-state index in [1.807, 2.05) is 0 Å². The topological polar surface area (TPSA) is 41.6 Å². The zero-order chi connectivity index (χ0) is 15.2. The number of ether oxygens (including phenoxy) is 1. The standard InChI is InChI=1S/C18H32N2O2/c21-18(15-6-2-1-3-7-15)16-8-9-17(19-14-16)22-13-12-20-10-4-5-11-20/h15-17,19H,1-14H2. The molecule has 1 aliphatic carbocycles. The van der Waals surface area contributed by atoms with Crippen molar-refractivity contribution in [3.05, 3.63) is 0 Å². The zero-order valence-electron chi connectivity index (χ0n) is 13.9. The monoisotopic (exact) mass is 308 g/mol. The van der Waals surface area contributed by atoms with E-state index in [4.69, 9.17) is 4.74 Å². The van der Waals surface area contributed by atoms with Crippen LogP contribution in [0.25, 0.3) is 0 Å². The average Bonchev–Trinajstić information content (AvgIpc) is 3.09. The van der Waals surface area contributed by atoms with Gasteiger partial charge in [0.1, 0.15) is 12.0 Å². The second-order valence-electron chi connectivity index (χ2n) is 7.33. The van der Waals surface area contributed by atoms with Gasteiger partial charge in [-0.2, -0.15) is 0 Å². The molecule has 0 bridgehead atoms. The van der Waals surface area contributed by atoms with Crippen molar-refractivity contribution in [1.82, 2.24) is 10.2 Å². The number of nitrogens with zero attached hydrogens (tertiary/aromatic N) is 1. The van der Waals surface area contributed by atoms with E-state index in [9.17, 15) is 4.79 Å². The van der Waals surface area contributed by atoms with Crippen LogP contribution in [0, 0.1) is 11.8 Å². The molecule has 1 N–H and O–H groups in total. The number of Topliss-reactive ketones (excluding diaryl/α,β-unsaturated/α-hetero) is 1. The molecular weight excluding hydrogens is 276 g/mol. The fourth-order valence-corrected chi connectivity index (χ4v) is 4.27. The minimum absolute atomic E-state index is 0.165. The highest BCUT2D eigenvalue weighted by Gasteiger charge is 2.31. The van der Waals surface area contributed by atoms with Crippen LogP contribution in [0.1, 0.15) is 57.8 Å². The van der Waals surface area contributed by atoms with Crippen molar-refractivity contribution < 1.29 is 9.53 Å². The number of likely N-dealkylation sites (tertiary alicyclic amines) is 1. The van der Waals surface area contributed by atoms with Crippen molar-refractivity contribution in [1.29, 1.82) is 0 Å². The molecule has 0 radical (unpaired) electrons. The first kappa shape index (κ1) is 16.4.